The average molecular weight is 233 g/mol. The topological polar surface area (TPSA) is 28.1 Å². The van der Waals surface area contributed by atoms with Crippen LogP contribution in [0.2, 0.25) is 0 Å². The van der Waals surface area contributed by atoms with Crippen LogP contribution in [0.1, 0.15) is 5.56 Å². The highest BCUT2D eigenvalue weighted by molar-refractivity contribution is 5.80. The van der Waals surface area contributed by atoms with Gasteiger partial charge in [-0.25, -0.2) is 0 Å². The number of benzene rings is 1. The maximum Gasteiger partial charge on any atom is 0.0659 e. The van der Waals surface area contributed by atoms with Crippen LogP contribution in [0, 0.1) is 0 Å². The van der Waals surface area contributed by atoms with E-state index in [9.17, 15) is 0 Å². The first-order chi connectivity index (χ1) is 8.25. The van der Waals surface area contributed by atoms with Crippen molar-refractivity contribution in [3.05, 3.63) is 29.8 Å². The minimum absolute atomic E-state index is 0.775. The van der Waals surface area contributed by atoms with Crippen molar-refractivity contribution in [3.8, 4) is 0 Å². The third-order valence-electron chi connectivity index (χ3n) is 2.77. The molecule has 0 aromatic heterocycles. The molecule has 0 atom stereocenters. The van der Waals surface area contributed by atoms with Crippen LogP contribution >= 0.6 is 0 Å². The molecule has 1 aromatic rings. The Kier molecular flexibility index (Phi) is 3.98. The van der Waals surface area contributed by atoms with Crippen molar-refractivity contribution < 1.29 is 4.74 Å². The van der Waals surface area contributed by atoms with Crippen LogP contribution in [0.15, 0.2) is 29.4 Å². The van der Waals surface area contributed by atoms with E-state index in [4.69, 9.17) is 4.74 Å². The lowest BCUT2D eigenvalue weighted by atomic mass is 10.2. The summed E-state index contributed by atoms with van der Waals surface area (Å²) in [6.07, 6.45) is 1.91. The molecule has 2 rings (SSSR count). The molecule has 1 aromatic carbocycles. The summed E-state index contributed by atoms with van der Waals surface area (Å²) in [5.41, 5.74) is 2.33. The van der Waals surface area contributed by atoms with Gasteiger partial charge in [0, 0.05) is 19.8 Å². The average Bonchev–Trinajstić information content (AvgIpc) is 2.38. The van der Waals surface area contributed by atoms with E-state index < -0.39 is 0 Å². The van der Waals surface area contributed by atoms with E-state index in [-0.39, 0.29) is 0 Å². The summed E-state index contributed by atoms with van der Waals surface area (Å²) in [5.74, 6) is 0. The predicted octanol–water partition coefficient (Wildman–Crippen LogP) is 1.42. The highest BCUT2D eigenvalue weighted by atomic mass is 16.5. The highest BCUT2D eigenvalue weighted by Gasteiger charge is 2.06. The zero-order valence-electron chi connectivity index (χ0n) is 10.5. The summed E-state index contributed by atoms with van der Waals surface area (Å²) in [6, 6.07) is 8.36. The molecule has 1 saturated heterocycles. The molecule has 1 aliphatic rings. The number of hydrazone groups is 1. The minimum Gasteiger partial charge on any atom is -0.378 e. The molecular formula is C13H19N3O. The third-order valence-corrected chi connectivity index (χ3v) is 2.77. The van der Waals surface area contributed by atoms with Crippen molar-refractivity contribution in [2.75, 3.05) is 45.3 Å². The summed E-state index contributed by atoms with van der Waals surface area (Å²) < 4.78 is 5.27. The summed E-state index contributed by atoms with van der Waals surface area (Å²) in [7, 11) is 4.08. The number of nitrogens with zero attached hydrogens (tertiary/aromatic N) is 3. The number of ether oxygens (including phenoxy) is 1. The summed E-state index contributed by atoms with van der Waals surface area (Å²) in [4.78, 5) is 2.09. The Labute approximate surface area is 102 Å². The first-order valence-electron chi connectivity index (χ1n) is 5.90. The van der Waals surface area contributed by atoms with Crippen LogP contribution in [0.3, 0.4) is 0 Å². The van der Waals surface area contributed by atoms with E-state index in [1.165, 1.54) is 5.69 Å². The third kappa shape index (κ3) is 3.46. The monoisotopic (exact) mass is 233 g/mol. The Morgan fingerprint density at radius 1 is 1.18 bits per heavy atom. The predicted molar refractivity (Wildman–Crippen MR) is 70.8 cm³/mol. The zero-order valence-corrected chi connectivity index (χ0v) is 10.5. The van der Waals surface area contributed by atoms with Crippen molar-refractivity contribution in [1.29, 1.82) is 0 Å². The van der Waals surface area contributed by atoms with Gasteiger partial charge in [-0.3, -0.25) is 5.01 Å². The van der Waals surface area contributed by atoms with Gasteiger partial charge >= 0.3 is 0 Å². The molecular weight excluding hydrogens is 214 g/mol. The molecule has 4 nitrogen and oxygen atoms in total. The Hall–Kier alpha value is -1.55. The lowest BCUT2D eigenvalue weighted by Crippen LogP contribution is -2.32. The molecule has 0 saturated carbocycles. The van der Waals surface area contributed by atoms with Crippen molar-refractivity contribution in [2.45, 2.75) is 0 Å². The molecule has 0 amide bonds. The van der Waals surface area contributed by atoms with Gasteiger partial charge in [0.05, 0.1) is 32.5 Å². The first kappa shape index (κ1) is 11.9. The quantitative estimate of drug-likeness (QED) is 0.739. The molecule has 0 bridgehead atoms. The van der Waals surface area contributed by atoms with E-state index in [0.29, 0.717) is 0 Å². The van der Waals surface area contributed by atoms with E-state index in [0.717, 1.165) is 31.9 Å². The number of rotatable bonds is 3. The van der Waals surface area contributed by atoms with Gasteiger partial charge in [-0.05, 0) is 17.7 Å². The second-order valence-electron chi connectivity index (χ2n) is 4.30. The molecule has 0 aliphatic carbocycles. The second-order valence-corrected chi connectivity index (χ2v) is 4.30. The molecule has 0 spiro atoms. The van der Waals surface area contributed by atoms with Crippen LogP contribution in [0.5, 0.6) is 0 Å². The minimum atomic E-state index is 0.775. The smallest absolute Gasteiger partial charge is 0.0659 e. The van der Waals surface area contributed by atoms with Crippen LogP contribution in [-0.4, -0.2) is 51.6 Å². The summed E-state index contributed by atoms with van der Waals surface area (Å²) >= 11 is 0. The molecule has 1 heterocycles. The van der Waals surface area contributed by atoms with Crippen LogP contribution in [0.4, 0.5) is 5.69 Å². The maximum absolute atomic E-state index is 5.27. The van der Waals surface area contributed by atoms with Gasteiger partial charge in [0.2, 0.25) is 0 Å². The number of morpholine rings is 1. The van der Waals surface area contributed by atoms with E-state index in [2.05, 4.69) is 34.3 Å². The Morgan fingerprint density at radius 2 is 1.82 bits per heavy atom. The Morgan fingerprint density at radius 3 is 2.41 bits per heavy atom. The van der Waals surface area contributed by atoms with Gasteiger partial charge in [-0.2, -0.15) is 5.10 Å². The summed E-state index contributed by atoms with van der Waals surface area (Å²) in [5, 5.41) is 6.49. The standard InChI is InChI=1S/C13H19N3O/c1-15(2)13-5-3-12(4-6-13)11-14-16-7-9-17-10-8-16/h3-6,11H,7-10H2,1-2H3/b14-11+. The highest BCUT2D eigenvalue weighted by Crippen LogP contribution is 2.11. The lowest BCUT2D eigenvalue weighted by Gasteiger charge is -2.23. The first-order valence-corrected chi connectivity index (χ1v) is 5.90. The van der Waals surface area contributed by atoms with E-state index in [1.54, 1.807) is 0 Å². The fourth-order valence-electron chi connectivity index (χ4n) is 1.68. The lowest BCUT2D eigenvalue weighted by molar-refractivity contribution is 0.0397. The fraction of sp³-hybridized carbons (Fsp3) is 0.462. The molecule has 4 heteroatoms. The van der Waals surface area contributed by atoms with Crippen molar-refractivity contribution in [3.63, 3.8) is 0 Å². The Balaban J connectivity index is 1.95. The van der Waals surface area contributed by atoms with Crippen molar-refractivity contribution in [2.24, 2.45) is 5.10 Å². The molecule has 1 aliphatic heterocycles. The van der Waals surface area contributed by atoms with Gasteiger partial charge in [-0.15, -0.1) is 0 Å². The van der Waals surface area contributed by atoms with Crippen LogP contribution < -0.4 is 4.90 Å². The number of hydrogen-bond acceptors (Lipinski definition) is 4. The van der Waals surface area contributed by atoms with Gasteiger partial charge < -0.3 is 9.64 Å². The molecule has 1 fully saturated rings. The fourth-order valence-corrected chi connectivity index (χ4v) is 1.68. The van der Waals surface area contributed by atoms with E-state index in [1.807, 2.05) is 25.3 Å². The number of anilines is 1. The Bertz CT molecular complexity index is 367. The molecule has 0 N–H and O–H groups in total. The van der Waals surface area contributed by atoms with E-state index >= 15 is 0 Å². The molecule has 92 valence electrons. The van der Waals surface area contributed by atoms with Crippen LogP contribution in [0.25, 0.3) is 0 Å². The van der Waals surface area contributed by atoms with Crippen LogP contribution in [-0.2, 0) is 4.74 Å². The van der Waals surface area contributed by atoms with Gasteiger partial charge in [0.1, 0.15) is 0 Å². The summed E-state index contributed by atoms with van der Waals surface area (Å²) in [6.45, 7) is 3.31. The molecule has 0 radical (unpaired) electrons. The van der Waals surface area contributed by atoms with Crippen molar-refractivity contribution in [1.82, 2.24) is 5.01 Å². The zero-order chi connectivity index (χ0) is 12.1. The second kappa shape index (κ2) is 5.68. The SMILES string of the molecule is CN(C)c1ccc(/C=N/N2CCOCC2)cc1. The molecule has 17 heavy (non-hydrogen) atoms. The largest absolute Gasteiger partial charge is 0.378 e. The van der Waals surface area contributed by atoms with Gasteiger partial charge in [0.15, 0.2) is 0 Å². The molecule has 0 unspecified atom stereocenters. The van der Waals surface area contributed by atoms with Gasteiger partial charge in [-0.1, -0.05) is 12.1 Å². The maximum atomic E-state index is 5.27. The van der Waals surface area contributed by atoms with Gasteiger partial charge in [0.25, 0.3) is 0 Å². The number of hydrogen-bond donors (Lipinski definition) is 0. The normalized spacial score (nSPS) is 16.5. The van der Waals surface area contributed by atoms with Crippen molar-refractivity contribution >= 4 is 11.9 Å².